The number of aryl methyl sites for hydroxylation is 1. The van der Waals surface area contributed by atoms with Crippen molar-refractivity contribution in [1.29, 1.82) is 0 Å². The minimum atomic E-state index is -1.37. The van der Waals surface area contributed by atoms with Crippen molar-refractivity contribution in [3.63, 3.8) is 0 Å². The first-order chi connectivity index (χ1) is 24.5. The van der Waals surface area contributed by atoms with Gasteiger partial charge in [-0.05, 0) is 54.8 Å². The summed E-state index contributed by atoms with van der Waals surface area (Å²) in [7, 11) is 4.28. The maximum Gasteiger partial charge on any atom is 0.330 e. The Labute approximate surface area is 300 Å². The molecule has 3 amide bonds. The highest BCUT2D eigenvalue weighted by atomic mass is 32.1. The summed E-state index contributed by atoms with van der Waals surface area (Å²) in [5, 5.41) is 32.1. The van der Waals surface area contributed by atoms with E-state index < -0.39 is 48.5 Å². The highest BCUT2D eigenvalue weighted by Crippen LogP contribution is 2.18. The van der Waals surface area contributed by atoms with Crippen LogP contribution in [-0.4, -0.2) is 96.4 Å². The van der Waals surface area contributed by atoms with Crippen molar-refractivity contribution >= 4 is 35.0 Å². The molecule has 51 heavy (non-hydrogen) atoms. The molecule has 1 heterocycles. The van der Waals surface area contributed by atoms with Gasteiger partial charge < -0.3 is 40.5 Å². The lowest BCUT2D eigenvalue weighted by atomic mass is 9.99. The molecule has 0 aliphatic rings. The van der Waals surface area contributed by atoms with Crippen molar-refractivity contribution in [2.24, 2.45) is 0 Å². The molecule has 3 atom stereocenters. The highest BCUT2D eigenvalue weighted by molar-refractivity contribution is 7.09. The van der Waals surface area contributed by atoms with Crippen LogP contribution >= 0.6 is 11.3 Å². The van der Waals surface area contributed by atoms with E-state index in [0.29, 0.717) is 17.3 Å². The average Bonchev–Trinajstić information content (AvgIpc) is 3.56. The molecule has 1 aromatic heterocycles. The van der Waals surface area contributed by atoms with Gasteiger partial charge in [-0.2, -0.15) is 0 Å². The van der Waals surface area contributed by atoms with Gasteiger partial charge in [0.1, 0.15) is 10.8 Å². The lowest BCUT2D eigenvalue weighted by Crippen LogP contribution is -2.48. The van der Waals surface area contributed by atoms with Crippen LogP contribution in [0.2, 0.25) is 0 Å². The van der Waals surface area contributed by atoms with Gasteiger partial charge in [0.25, 0.3) is 17.7 Å². The van der Waals surface area contributed by atoms with Crippen LogP contribution in [-0.2, 0) is 29.0 Å². The van der Waals surface area contributed by atoms with E-state index >= 15 is 0 Å². The first-order valence-corrected chi connectivity index (χ1v) is 17.1. The van der Waals surface area contributed by atoms with E-state index in [1.807, 2.05) is 66.9 Å². The summed E-state index contributed by atoms with van der Waals surface area (Å²) in [6, 6.07) is 18.7. The molecule has 0 aliphatic carbocycles. The first kappa shape index (κ1) is 38.6. The third-order valence-corrected chi connectivity index (χ3v) is 8.91. The Kier molecular flexibility index (Phi) is 14.2. The Morgan fingerprint density at radius 2 is 1.57 bits per heavy atom. The normalized spacial score (nSPS) is 12.7. The van der Waals surface area contributed by atoms with E-state index in [1.54, 1.807) is 14.2 Å². The molecule has 0 aliphatic heterocycles. The molecule has 270 valence electrons. The predicted octanol–water partition coefficient (Wildman–Crippen LogP) is 2.49. The predicted molar refractivity (Wildman–Crippen MR) is 192 cm³/mol. The van der Waals surface area contributed by atoms with Gasteiger partial charge in [0.15, 0.2) is 6.04 Å². The van der Waals surface area contributed by atoms with Crippen molar-refractivity contribution in [3.8, 4) is 5.75 Å². The molecule has 0 unspecified atom stereocenters. The zero-order valence-electron chi connectivity index (χ0n) is 28.9. The van der Waals surface area contributed by atoms with Crippen LogP contribution in [0.1, 0.15) is 52.9 Å². The fraction of sp³-hybridized carbons (Fsp3) is 0.324. The van der Waals surface area contributed by atoms with E-state index in [4.69, 9.17) is 4.74 Å². The fourth-order valence-corrected chi connectivity index (χ4v) is 6.06. The molecular weight excluding hydrogens is 675 g/mol. The largest absolute Gasteiger partial charge is 0.497 e. The Balaban J connectivity index is 1.60. The minimum Gasteiger partial charge on any atom is -0.497 e. The number of hydrogen-bond donors (Lipinski definition) is 5. The number of aliphatic hydroxyl groups excluding tert-OH is 2. The number of aromatic nitrogens is 1. The Hall–Kier alpha value is -5.15. The molecular formula is C37H43N5O8S. The number of nitrogens with zero attached hydrogens (tertiary/aromatic N) is 2. The second kappa shape index (κ2) is 18.7. The van der Waals surface area contributed by atoms with Gasteiger partial charge >= 0.3 is 5.97 Å². The third-order valence-electron chi connectivity index (χ3n) is 7.96. The molecule has 13 nitrogen and oxygen atoms in total. The highest BCUT2D eigenvalue weighted by Gasteiger charge is 2.26. The molecule has 4 rings (SSSR count). The number of amides is 3. The second-order valence-electron chi connectivity index (χ2n) is 11.9. The number of hydrogen-bond acceptors (Lipinski definition) is 11. The molecule has 0 spiro atoms. The van der Waals surface area contributed by atoms with Gasteiger partial charge in [0.05, 0.1) is 39.5 Å². The number of rotatable bonds is 17. The topological polar surface area (TPSA) is 179 Å². The van der Waals surface area contributed by atoms with Crippen LogP contribution in [0.25, 0.3) is 0 Å². The number of nitrogens with one attached hydrogen (secondary N) is 3. The summed E-state index contributed by atoms with van der Waals surface area (Å²) in [5.41, 5.74) is 2.53. The van der Waals surface area contributed by atoms with Gasteiger partial charge in [0, 0.05) is 47.9 Å². The number of methoxy groups -OCH3 is 2. The lowest BCUT2D eigenvalue weighted by molar-refractivity contribution is -0.143. The zero-order valence-corrected chi connectivity index (χ0v) is 29.7. The average molecular weight is 718 g/mol. The van der Waals surface area contributed by atoms with E-state index in [-0.39, 0.29) is 36.2 Å². The fourth-order valence-electron chi connectivity index (χ4n) is 5.24. The maximum atomic E-state index is 13.9. The smallest absolute Gasteiger partial charge is 0.330 e. The van der Waals surface area contributed by atoms with E-state index in [9.17, 15) is 29.4 Å². The minimum absolute atomic E-state index is 0.0299. The van der Waals surface area contributed by atoms with Gasteiger partial charge in [-0.3, -0.25) is 14.4 Å². The quantitative estimate of drug-likeness (QED) is 0.102. The van der Waals surface area contributed by atoms with Gasteiger partial charge in [0.2, 0.25) is 0 Å². The van der Waals surface area contributed by atoms with Crippen LogP contribution in [0, 0.1) is 6.92 Å². The van der Waals surface area contributed by atoms with Gasteiger partial charge in [-0.1, -0.05) is 42.5 Å². The molecule has 0 fully saturated rings. The summed E-state index contributed by atoms with van der Waals surface area (Å²) in [6.45, 7) is 1.89. The van der Waals surface area contributed by atoms with E-state index in [1.165, 1.54) is 34.4 Å². The molecule has 3 aromatic carbocycles. The summed E-state index contributed by atoms with van der Waals surface area (Å²) < 4.78 is 9.95. The molecule has 5 N–H and O–H groups in total. The molecule has 14 heteroatoms. The molecule has 0 saturated heterocycles. The van der Waals surface area contributed by atoms with Gasteiger partial charge in [-0.15, -0.1) is 11.3 Å². The number of aliphatic hydroxyl groups is 2. The number of carbonyl (C=O) groups is 4. The monoisotopic (exact) mass is 717 g/mol. The SMILES string of the molecule is COC(=O)[C@H](CO)NC(=O)c1cc(C(=O)N[C@@H](Cc2ccccc2)[C@H](O)CNCc2cccc(OC)c2)cc(C(=O)N(C)Cc2nc(C)cs2)c1. The summed E-state index contributed by atoms with van der Waals surface area (Å²) in [5.74, 6) is -2.10. The second-order valence-corrected chi connectivity index (χ2v) is 12.8. The van der Waals surface area contributed by atoms with Crippen LogP contribution in [0.15, 0.2) is 78.2 Å². The summed E-state index contributed by atoms with van der Waals surface area (Å²) in [4.78, 5) is 58.8. The van der Waals surface area contributed by atoms with Crippen molar-refractivity contribution in [3.05, 3.63) is 117 Å². The van der Waals surface area contributed by atoms with Crippen molar-refractivity contribution in [2.75, 3.05) is 34.4 Å². The van der Waals surface area contributed by atoms with Crippen LogP contribution < -0.4 is 20.7 Å². The maximum absolute atomic E-state index is 13.9. The van der Waals surface area contributed by atoms with E-state index in [2.05, 4.69) is 25.7 Å². The number of carbonyl (C=O) groups excluding carboxylic acids is 4. The van der Waals surface area contributed by atoms with Crippen LogP contribution in [0.3, 0.4) is 0 Å². The molecule has 4 aromatic rings. The Bertz CT molecular complexity index is 1800. The van der Waals surface area contributed by atoms with Crippen molar-refractivity contribution < 1.29 is 38.9 Å². The van der Waals surface area contributed by atoms with Gasteiger partial charge in [-0.25, -0.2) is 9.78 Å². The van der Waals surface area contributed by atoms with E-state index in [0.717, 1.165) is 23.9 Å². The Morgan fingerprint density at radius 1 is 0.902 bits per heavy atom. The van der Waals surface area contributed by atoms with Crippen molar-refractivity contribution in [2.45, 2.75) is 44.6 Å². The first-order valence-electron chi connectivity index (χ1n) is 16.2. The number of benzene rings is 3. The van der Waals surface area contributed by atoms with Crippen LogP contribution in [0.5, 0.6) is 5.75 Å². The number of esters is 1. The standard InChI is InChI=1S/C37H43N5O8S/c1-23-22-51-33(39-23)20-42(2)36(47)28-16-26(15-27(17-28)35(46)41-31(21-43)37(48)50-4)34(45)40-30(14-24-9-6-5-7-10-24)32(44)19-38-18-25-11-8-12-29(13-25)49-3/h5-13,15-17,22,30-32,38,43-44H,14,18-21H2,1-4H3,(H,40,45)(H,41,46)/t30-,31-,32+/m0/s1. The molecule has 0 saturated carbocycles. The molecule has 0 bridgehead atoms. The zero-order chi connectivity index (χ0) is 36.9. The third kappa shape index (κ3) is 11.2. The summed E-state index contributed by atoms with van der Waals surface area (Å²) >= 11 is 1.40. The van der Waals surface area contributed by atoms with Crippen LogP contribution in [0.4, 0.5) is 0 Å². The Morgan fingerprint density at radius 3 is 2.20 bits per heavy atom. The lowest BCUT2D eigenvalue weighted by Gasteiger charge is -2.25. The number of ether oxygens (including phenoxy) is 2. The summed E-state index contributed by atoms with van der Waals surface area (Å²) in [6.07, 6.45) is -0.751. The van der Waals surface area contributed by atoms with Crippen molar-refractivity contribution in [1.82, 2.24) is 25.8 Å². The molecule has 0 radical (unpaired) electrons. The number of thiazole rings is 1.